The number of hydrogen-bond donors (Lipinski definition) is 1. The smallest absolute Gasteiger partial charge is 0.435 e. The molecule has 3 heterocycles. The third kappa shape index (κ3) is 4.97. The SMILES string of the molecule is Cn1nc(C(F)(F)F)cc1C(=O)NCc1ccnc(OC2CCOCC2)c1. The Hall–Kier alpha value is -2.62. The van der Waals surface area contributed by atoms with E-state index in [9.17, 15) is 18.0 Å². The van der Waals surface area contributed by atoms with Crippen LogP contribution in [0, 0.1) is 0 Å². The van der Waals surface area contributed by atoms with E-state index in [-0.39, 0.29) is 18.3 Å². The average molecular weight is 384 g/mol. The van der Waals surface area contributed by atoms with Crippen molar-refractivity contribution in [2.75, 3.05) is 13.2 Å². The van der Waals surface area contributed by atoms with Crippen LogP contribution in [0.5, 0.6) is 5.88 Å². The number of aryl methyl sites for hydroxylation is 1. The van der Waals surface area contributed by atoms with E-state index < -0.39 is 17.8 Å². The van der Waals surface area contributed by atoms with Gasteiger partial charge in [-0.2, -0.15) is 18.3 Å². The molecule has 0 saturated carbocycles. The van der Waals surface area contributed by atoms with Gasteiger partial charge in [-0.05, 0) is 11.6 Å². The molecule has 3 rings (SSSR count). The van der Waals surface area contributed by atoms with Crippen molar-refractivity contribution in [3.05, 3.63) is 41.3 Å². The van der Waals surface area contributed by atoms with E-state index in [4.69, 9.17) is 9.47 Å². The fourth-order valence-electron chi connectivity index (χ4n) is 2.68. The van der Waals surface area contributed by atoms with E-state index in [2.05, 4.69) is 15.4 Å². The predicted molar refractivity (Wildman–Crippen MR) is 88.1 cm³/mol. The Morgan fingerprint density at radius 1 is 1.37 bits per heavy atom. The predicted octanol–water partition coefficient (Wildman–Crippen LogP) is 2.32. The Kier molecular flexibility index (Phi) is 5.64. The third-order valence-electron chi connectivity index (χ3n) is 4.11. The molecule has 1 aliphatic heterocycles. The van der Waals surface area contributed by atoms with E-state index in [1.54, 1.807) is 18.3 Å². The molecule has 1 saturated heterocycles. The quantitative estimate of drug-likeness (QED) is 0.856. The van der Waals surface area contributed by atoms with E-state index in [0.29, 0.717) is 19.1 Å². The molecule has 0 bridgehead atoms. The zero-order chi connectivity index (χ0) is 19.4. The van der Waals surface area contributed by atoms with Crippen LogP contribution >= 0.6 is 0 Å². The molecule has 7 nitrogen and oxygen atoms in total. The maximum absolute atomic E-state index is 12.7. The monoisotopic (exact) mass is 384 g/mol. The second-order valence-electron chi connectivity index (χ2n) is 6.15. The molecule has 1 fully saturated rings. The lowest BCUT2D eigenvalue weighted by atomic mass is 10.1. The minimum Gasteiger partial charge on any atom is -0.474 e. The topological polar surface area (TPSA) is 78.3 Å². The molecule has 146 valence electrons. The van der Waals surface area contributed by atoms with Crippen LogP contribution in [-0.4, -0.2) is 40.0 Å². The van der Waals surface area contributed by atoms with Crippen LogP contribution in [0.25, 0.3) is 0 Å². The van der Waals surface area contributed by atoms with Crippen molar-refractivity contribution in [3.63, 3.8) is 0 Å². The van der Waals surface area contributed by atoms with Gasteiger partial charge in [-0.25, -0.2) is 4.98 Å². The molecular formula is C17H19F3N4O3. The van der Waals surface area contributed by atoms with Gasteiger partial charge in [0.05, 0.1) is 13.2 Å². The van der Waals surface area contributed by atoms with E-state index >= 15 is 0 Å². The van der Waals surface area contributed by atoms with E-state index in [0.717, 1.165) is 29.2 Å². The first-order chi connectivity index (χ1) is 12.8. The van der Waals surface area contributed by atoms with E-state index in [1.165, 1.54) is 7.05 Å². The number of pyridine rings is 1. The van der Waals surface area contributed by atoms with Gasteiger partial charge >= 0.3 is 6.18 Å². The molecule has 1 N–H and O–H groups in total. The molecular weight excluding hydrogens is 365 g/mol. The van der Waals surface area contributed by atoms with Crippen molar-refractivity contribution in [1.29, 1.82) is 0 Å². The lowest BCUT2D eigenvalue weighted by Crippen LogP contribution is -2.26. The molecule has 1 aliphatic rings. The first-order valence-electron chi connectivity index (χ1n) is 8.41. The van der Waals surface area contributed by atoms with Gasteiger partial charge in [-0.3, -0.25) is 9.48 Å². The highest BCUT2D eigenvalue weighted by Gasteiger charge is 2.35. The largest absolute Gasteiger partial charge is 0.474 e. The van der Waals surface area contributed by atoms with Crippen molar-refractivity contribution < 1.29 is 27.4 Å². The minimum absolute atomic E-state index is 0.0336. The maximum Gasteiger partial charge on any atom is 0.435 e. The summed E-state index contributed by atoms with van der Waals surface area (Å²) in [6.07, 6.45) is -1.44. The Morgan fingerprint density at radius 2 is 2.11 bits per heavy atom. The second-order valence-corrected chi connectivity index (χ2v) is 6.15. The number of ether oxygens (including phenoxy) is 2. The van der Waals surface area contributed by atoms with Crippen molar-refractivity contribution >= 4 is 5.91 Å². The van der Waals surface area contributed by atoms with Crippen LogP contribution in [-0.2, 0) is 24.5 Å². The molecule has 2 aromatic rings. The number of nitrogens with one attached hydrogen (secondary N) is 1. The van der Waals surface area contributed by atoms with Gasteiger partial charge < -0.3 is 14.8 Å². The molecule has 0 atom stereocenters. The molecule has 0 spiro atoms. The molecule has 10 heteroatoms. The molecule has 0 radical (unpaired) electrons. The van der Waals surface area contributed by atoms with Crippen molar-refractivity contribution in [2.24, 2.45) is 7.05 Å². The molecule has 0 unspecified atom stereocenters. The zero-order valence-electron chi connectivity index (χ0n) is 14.6. The standard InChI is InChI=1S/C17H19F3N4O3/c1-24-13(9-14(23-24)17(18,19)20)16(25)22-10-11-2-5-21-15(8-11)27-12-3-6-26-7-4-12/h2,5,8-9,12H,3-4,6-7,10H2,1H3,(H,22,25). The highest BCUT2D eigenvalue weighted by atomic mass is 19.4. The summed E-state index contributed by atoms with van der Waals surface area (Å²) in [7, 11) is 1.29. The summed E-state index contributed by atoms with van der Waals surface area (Å²) >= 11 is 0. The van der Waals surface area contributed by atoms with Gasteiger partial charge in [-0.15, -0.1) is 0 Å². The third-order valence-corrected chi connectivity index (χ3v) is 4.11. The highest BCUT2D eigenvalue weighted by molar-refractivity contribution is 5.92. The van der Waals surface area contributed by atoms with Gasteiger partial charge in [0.2, 0.25) is 5.88 Å². The number of nitrogens with zero attached hydrogens (tertiary/aromatic N) is 3. The van der Waals surface area contributed by atoms with Gasteiger partial charge in [0, 0.05) is 44.8 Å². The lowest BCUT2D eigenvalue weighted by Gasteiger charge is -2.22. The summed E-state index contributed by atoms with van der Waals surface area (Å²) in [4.78, 5) is 16.3. The van der Waals surface area contributed by atoms with Gasteiger partial charge in [-0.1, -0.05) is 0 Å². The van der Waals surface area contributed by atoms with Crippen molar-refractivity contribution in [3.8, 4) is 5.88 Å². The van der Waals surface area contributed by atoms with Crippen LogP contribution in [0.15, 0.2) is 24.4 Å². The number of amides is 1. The van der Waals surface area contributed by atoms with E-state index in [1.807, 2.05) is 0 Å². The lowest BCUT2D eigenvalue weighted by molar-refractivity contribution is -0.141. The van der Waals surface area contributed by atoms with Gasteiger partial charge in [0.15, 0.2) is 5.69 Å². The maximum atomic E-state index is 12.7. The first kappa shape index (κ1) is 19.2. The summed E-state index contributed by atoms with van der Waals surface area (Å²) in [5.74, 6) is -0.210. The van der Waals surface area contributed by atoms with Crippen LogP contribution < -0.4 is 10.1 Å². The summed E-state index contributed by atoms with van der Waals surface area (Å²) in [6.45, 7) is 1.41. The second kappa shape index (κ2) is 7.95. The Bertz CT molecular complexity index is 801. The molecule has 0 aliphatic carbocycles. The van der Waals surface area contributed by atoms with Gasteiger partial charge in [0.1, 0.15) is 11.8 Å². The molecule has 27 heavy (non-hydrogen) atoms. The van der Waals surface area contributed by atoms with Crippen molar-refractivity contribution in [1.82, 2.24) is 20.1 Å². The van der Waals surface area contributed by atoms with Crippen molar-refractivity contribution in [2.45, 2.75) is 31.7 Å². The van der Waals surface area contributed by atoms with Crippen LogP contribution in [0.2, 0.25) is 0 Å². The summed E-state index contributed by atoms with van der Waals surface area (Å²) < 4.78 is 50.1. The minimum atomic E-state index is -4.60. The summed E-state index contributed by atoms with van der Waals surface area (Å²) in [6, 6.07) is 4.11. The highest BCUT2D eigenvalue weighted by Crippen LogP contribution is 2.28. The van der Waals surface area contributed by atoms with Crippen LogP contribution in [0.3, 0.4) is 0 Å². The normalized spacial score (nSPS) is 15.6. The number of hydrogen-bond acceptors (Lipinski definition) is 5. The Labute approximate surface area is 153 Å². The number of halogens is 3. The fraction of sp³-hybridized carbons (Fsp3) is 0.471. The molecule has 1 amide bonds. The molecule has 2 aromatic heterocycles. The number of aromatic nitrogens is 3. The number of carbonyl (C=O) groups is 1. The fourth-order valence-corrected chi connectivity index (χ4v) is 2.68. The average Bonchev–Trinajstić information content (AvgIpc) is 3.03. The van der Waals surface area contributed by atoms with Crippen LogP contribution in [0.1, 0.15) is 34.6 Å². The number of carbonyl (C=O) groups excluding carboxylic acids is 1. The zero-order valence-corrected chi connectivity index (χ0v) is 14.6. The van der Waals surface area contributed by atoms with Crippen LogP contribution in [0.4, 0.5) is 13.2 Å². The first-order valence-corrected chi connectivity index (χ1v) is 8.41. The summed E-state index contributed by atoms with van der Waals surface area (Å²) in [5, 5.41) is 5.91. The Balaban J connectivity index is 1.60. The van der Waals surface area contributed by atoms with Gasteiger partial charge in [0.25, 0.3) is 5.91 Å². The Morgan fingerprint density at radius 3 is 2.78 bits per heavy atom. The molecule has 0 aromatic carbocycles. The number of rotatable bonds is 5. The number of alkyl halides is 3. The summed E-state index contributed by atoms with van der Waals surface area (Å²) in [5.41, 5.74) is -0.556.